The van der Waals surface area contributed by atoms with Gasteiger partial charge in [-0.1, -0.05) is 0 Å². The molecule has 1 aromatic heterocycles. The summed E-state index contributed by atoms with van der Waals surface area (Å²) in [6, 6.07) is 47.3. The van der Waals surface area contributed by atoms with Crippen LogP contribution in [0, 0.1) is 0 Å². The molecule has 0 radical (unpaired) electrons. The summed E-state index contributed by atoms with van der Waals surface area (Å²) in [7, 11) is 0.601. The Morgan fingerprint density at radius 2 is 1.03 bits per heavy atom. The van der Waals surface area contributed by atoms with Gasteiger partial charge in [-0.3, -0.25) is 0 Å². The van der Waals surface area contributed by atoms with Crippen LogP contribution in [0.2, 0.25) is 0 Å². The third-order valence-corrected chi connectivity index (χ3v) is 28.2. The van der Waals surface area contributed by atoms with Crippen LogP contribution in [0.1, 0.15) is 15.3 Å². The number of benzene rings is 4. The van der Waals surface area contributed by atoms with E-state index in [1.54, 1.807) is 0 Å². The maximum absolute atomic E-state index is 5.74. The second-order valence-electron chi connectivity index (χ2n) is 9.89. The average Bonchev–Trinajstić information content (AvgIpc) is 3.62. The molecule has 0 bridgehead atoms. The number of hydrogen-bond donors (Lipinski definition) is 0. The predicted molar refractivity (Wildman–Crippen MR) is 164 cm³/mol. The van der Waals surface area contributed by atoms with E-state index in [0.29, 0.717) is 8.19 Å². The van der Waals surface area contributed by atoms with Gasteiger partial charge in [-0.15, -0.1) is 24.8 Å². The van der Waals surface area contributed by atoms with Crippen molar-refractivity contribution >= 4 is 59.1 Å². The molecule has 6 rings (SSSR count). The van der Waals surface area contributed by atoms with Gasteiger partial charge in [0.05, 0.1) is 0 Å². The first kappa shape index (κ1) is 26.6. The average molecular weight is 564 g/mol. The minimum absolute atomic E-state index is 0. The molecule has 1 heterocycles. The van der Waals surface area contributed by atoms with Gasteiger partial charge >= 0.3 is 202 Å². The van der Waals surface area contributed by atoms with E-state index in [2.05, 4.69) is 145 Å². The molecule has 4 heteroatoms. The Hall–Kier alpha value is -2.44. The van der Waals surface area contributed by atoms with Crippen LogP contribution in [0.4, 0.5) is 0 Å². The van der Waals surface area contributed by atoms with E-state index in [0.717, 1.165) is 0 Å². The van der Waals surface area contributed by atoms with E-state index in [-0.39, 0.29) is 29.0 Å². The molecule has 181 valence electrons. The first-order valence-corrected chi connectivity index (χ1v) is 18.1. The fraction of sp³-hybridized carbons (Fsp3) is 0.0312. The summed E-state index contributed by atoms with van der Waals surface area (Å²) in [5, 5.41) is 0. The third kappa shape index (κ3) is 3.04. The molecule has 2 unspecified atom stereocenters. The second kappa shape index (κ2) is 9.46. The van der Waals surface area contributed by atoms with Crippen molar-refractivity contribution in [1.29, 1.82) is 0 Å². The molecule has 0 spiro atoms. The molecule has 0 nitrogen and oxygen atoms in total. The number of fused-ring (bicyclic) bond motifs is 1. The molecule has 4 aromatic carbocycles. The fourth-order valence-electron chi connectivity index (χ4n) is 7.07. The van der Waals surface area contributed by atoms with E-state index < -0.39 is 13.6 Å². The standard InChI is InChI=1S/C9H7.3C6H5.C4H4P.CH2.2ClH.Ti/c1-2-5-9-7-3-6-8(9)4-1;3*1-2-4-6-5-3-1;1-2-4-5-3-1;;;;/h1-7H;3*1-5H;1-3,5H;1H2;2*1H;. The van der Waals surface area contributed by atoms with E-state index >= 15 is 0 Å². The van der Waals surface area contributed by atoms with Gasteiger partial charge in [-0.25, -0.2) is 0 Å². The summed E-state index contributed by atoms with van der Waals surface area (Å²) >= 11 is -5.17. The normalized spacial score (nSPS) is 16.3. The number of rotatable bonds is 5. The molecule has 0 aliphatic heterocycles. The van der Waals surface area contributed by atoms with Crippen molar-refractivity contribution < 1.29 is 13.6 Å². The van der Waals surface area contributed by atoms with Crippen molar-refractivity contribution in [1.82, 2.24) is 0 Å². The first-order valence-electron chi connectivity index (χ1n) is 11.9. The zero-order chi connectivity index (χ0) is 23.1. The van der Waals surface area contributed by atoms with E-state index in [1.807, 2.05) is 0 Å². The van der Waals surface area contributed by atoms with Crippen LogP contribution in [0.5, 0.6) is 0 Å². The van der Waals surface area contributed by atoms with Crippen molar-refractivity contribution in [3.8, 4) is 0 Å². The monoisotopic (exact) mass is 563 g/mol. The Morgan fingerprint density at radius 3 is 1.50 bits per heavy atom. The number of hydrogen-bond acceptors (Lipinski definition) is 0. The molecule has 0 saturated carbocycles. The molecular weight excluding hydrogens is 534 g/mol. The number of allylic oxidation sites excluding steroid dienone is 1. The summed E-state index contributed by atoms with van der Waals surface area (Å²) in [6.45, 7) is 0. The van der Waals surface area contributed by atoms with Crippen LogP contribution >= 0.6 is 33.0 Å². The molecule has 0 amide bonds. The van der Waals surface area contributed by atoms with Crippen LogP contribution < -0.4 is 15.2 Å². The van der Waals surface area contributed by atoms with Crippen molar-refractivity contribution in [3.05, 3.63) is 150 Å². The minimum atomic E-state index is -5.17. The molecule has 1 aliphatic carbocycles. The van der Waals surface area contributed by atoms with Crippen LogP contribution in [0.15, 0.2) is 139 Å². The van der Waals surface area contributed by atoms with Crippen LogP contribution in [-0.4, -0.2) is 4.82 Å². The molecule has 5 aromatic rings. The van der Waals surface area contributed by atoms with E-state index in [9.17, 15) is 0 Å². The Morgan fingerprint density at radius 1 is 0.556 bits per heavy atom. The van der Waals surface area contributed by atoms with Gasteiger partial charge in [0.2, 0.25) is 0 Å². The summed E-state index contributed by atoms with van der Waals surface area (Å²) in [4.78, 5) is 5.74. The molecule has 2 atom stereocenters. The van der Waals surface area contributed by atoms with E-state index in [4.69, 9.17) is 4.82 Å². The van der Waals surface area contributed by atoms with Crippen LogP contribution in [-0.2, 0) is 13.6 Å². The maximum atomic E-state index is 5.74. The van der Waals surface area contributed by atoms with Crippen molar-refractivity contribution in [2.45, 2.75) is 4.22 Å². The molecule has 0 N–H and O–H groups in total. The molecule has 0 fully saturated rings. The Balaban J connectivity index is 0.00000152. The summed E-state index contributed by atoms with van der Waals surface area (Å²) < 4.78 is 5.74. The Labute approximate surface area is 225 Å². The van der Waals surface area contributed by atoms with Gasteiger partial charge in [-0.2, -0.15) is 0 Å². The first-order chi connectivity index (χ1) is 16.7. The summed E-state index contributed by atoms with van der Waals surface area (Å²) in [5.41, 5.74) is 2.69. The topological polar surface area (TPSA) is 0 Å². The Bertz CT molecular complexity index is 1480. The number of halogens is 2. The van der Waals surface area contributed by atoms with Crippen molar-refractivity contribution in [2.75, 3.05) is 0 Å². The van der Waals surface area contributed by atoms with Crippen LogP contribution in [0.3, 0.4) is 0 Å². The van der Waals surface area contributed by atoms with Gasteiger partial charge in [0.1, 0.15) is 0 Å². The van der Waals surface area contributed by atoms with Crippen molar-refractivity contribution in [3.63, 3.8) is 0 Å². The summed E-state index contributed by atoms with van der Waals surface area (Å²) in [6.07, 6.45) is 4.80. The summed E-state index contributed by atoms with van der Waals surface area (Å²) in [5.74, 6) is 2.34. The fourth-order valence-corrected chi connectivity index (χ4v) is 26.8. The van der Waals surface area contributed by atoms with E-state index in [1.165, 1.54) is 26.3 Å². The zero-order valence-electron chi connectivity index (χ0n) is 20.0. The van der Waals surface area contributed by atoms with Gasteiger partial charge in [-0.05, 0) is 0 Å². The van der Waals surface area contributed by atoms with Crippen LogP contribution in [0.25, 0.3) is 6.08 Å². The predicted octanol–water partition coefficient (Wildman–Crippen LogP) is 6.59. The van der Waals surface area contributed by atoms with Gasteiger partial charge < -0.3 is 0 Å². The second-order valence-corrected chi connectivity index (χ2v) is 23.3. The van der Waals surface area contributed by atoms with Crippen molar-refractivity contribution in [2.24, 2.45) is 0 Å². The zero-order valence-corrected chi connectivity index (χ0v) is 24.2. The SMILES string of the molecule is Cl.Cl.[CH2]=[Ti]([c]1ccccc1)([c]1ccccc1)([c]1ccccc1)([c]1ccc[pH]1)[CH]1C=Cc2ccccc21. The quantitative estimate of drug-likeness (QED) is 0.212. The third-order valence-electron chi connectivity index (χ3n) is 8.72. The molecule has 36 heavy (non-hydrogen) atoms. The molecular formula is C32H30Cl2PTi. The Kier molecular flexibility index (Phi) is 7.00. The molecule has 0 saturated heterocycles. The van der Waals surface area contributed by atoms with Gasteiger partial charge in [0.25, 0.3) is 0 Å². The van der Waals surface area contributed by atoms with Gasteiger partial charge in [0.15, 0.2) is 0 Å². The van der Waals surface area contributed by atoms with Gasteiger partial charge in [0, 0.05) is 0 Å². The molecule has 1 aliphatic rings.